The Hall–Kier alpha value is -2.69. The molecule has 18 heteroatoms. The Kier molecular flexibility index (Phi) is 5.96. The van der Waals surface area contributed by atoms with Crippen molar-refractivity contribution in [1.82, 2.24) is 15.2 Å². The van der Waals surface area contributed by atoms with Crippen molar-refractivity contribution in [2.45, 2.75) is 41.7 Å². The summed E-state index contributed by atoms with van der Waals surface area (Å²) in [5, 5.41) is 3.91. The summed E-state index contributed by atoms with van der Waals surface area (Å²) in [6.45, 7) is 0. The molecular weight excluding hydrogens is 507 g/mol. The van der Waals surface area contributed by atoms with E-state index < -0.39 is 53.4 Å². The van der Waals surface area contributed by atoms with Crippen LogP contribution in [-0.2, 0) is 5.92 Å². The van der Waals surface area contributed by atoms with Crippen LogP contribution in [0.5, 0.6) is 0 Å². The number of benzene rings is 1. The van der Waals surface area contributed by atoms with E-state index in [2.05, 4.69) is 10.1 Å². The number of aromatic nitrogens is 3. The molecule has 0 aliphatic rings. The minimum Gasteiger partial charge on any atom is -0.257 e. The lowest BCUT2D eigenvalue weighted by molar-refractivity contribution is -0.454. The summed E-state index contributed by atoms with van der Waals surface area (Å²) in [5.41, 5.74) is -0.215. The van der Waals surface area contributed by atoms with Crippen LogP contribution in [0.15, 0.2) is 30.3 Å². The van der Waals surface area contributed by atoms with Crippen molar-refractivity contribution in [3.8, 4) is 11.4 Å². The zero-order chi connectivity index (χ0) is 25.9. The number of halogens is 15. The van der Waals surface area contributed by atoms with E-state index >= 15 is 0 Å². The number of aromatic amines is 1. The van der Waals surface area contributed by atoms with Crippen LogP contribution in [-0.4, -0.2) is 51.0 Å². The first-order chi connectivity index (χ1) is 14.6. The molecule has 1 heterocycles. The maximum Gasteiger partial charge on any atom is 0.460 e. The maximum absolute atomic E-state index is 14.1. The van der Waals surface area contributed by atoms with Gasteiger partial charge in [0.1, 0.15) is 0 Å². The smallest absolute Gasteiger partial charge is 0.257 e. The topological polar surface area (TPSA) is 41.6 Å². The molecule has 0 fully saturated rings. The van der Waals surface area contributed by atoms with E-state index in [9.17, 15) is 65.9 Å². The first kappa shape index (κ1) is 26.6. The second-order valence-corrected chi connectivity index (χ2v) is 6.32. The molecule has 0 aliphatic carbocycles. The zero-order valence-electron chi connectivity index (χ0n) is 15.0. The zero-order valence-corrected chi connectivity index (χ0v) is 15.0. The van der Waals surface area contributed by atoms with Gasteiger partial charge in [-0.2, -0.15) is 71.0 Å². The molecule has 0 saturated heterocycles. The predicted octanol–water partition coefficient (Wildman–Crippen LogP) is 6.30. The van der Waals surface area contributed by atoms with Gasteiger partial charge < -0.3 is 0 Å². The molecule has 3 nitrogen and oxygen atoms in total. The molecule has 0 atom stereocenters. The number of nitrogens with zero attached hydrogens (tertiary/aromatic N) is 2. The van der Waals surface area contributed by atoms with Crippen molar-refractivity contribution in [2.24, 2.45) is 0 Å². The first-order valence-electron chi connectivity index (χ1n) is 7.89. The fourth-order valence-corrected chi connectivity index (χ4v) is 2.23. The molecular formula is C15H6F15N3. The van der Waals surface area contributed by atoms with Gasteiger partial charge in [-0.05, 0) is 0 Å². The number of nitrogens with one attached hydrogen (secondary N) is 1. The highest BCUT2D eigenvalue weighted by Gasteiger charge is 2.93. The molecule has 1 aromatic carbocycles. The van der Waals surface area contributed by atoms with E-state index in [4.69, 9.17) is 0 Å². The summed E-state index contributed by atoms with van der Waals surface area (Å²) >= 11 is 0. The van der Waals surface area contributed by atoms with Gasteiger partial charge in [-0.25, -0.2) is 4.98 Å². The number of alkyl halides is 15. The lowest BCUT2D eigenvalue weighted by Gasteiger charge is -2.41. The summed E-state index contributed by atoms with van der Waals surface area (Å²) in [5.74, 6) is -50.7. The quantitative estimate of drug-likeness (QED) is 0.442. The third-order valence-electron chi connectivity index (χ3n) is 4.14. The van der Waals surface area contributed by atoms with Gasteiger partial charge in [0.2, 0.25) is 5.82 Å². The van der Waals surface area contributed by atoms with Crippen molar-refractivity contribution >= 4 is 0 Å². The van der Waals surface area contributed by atoms with E-state index in [-0.39, 0.29) is 5.56 Å². The molecule has 0 radical (unpaired) electrons. The van der Waals surface area contributed by atoms with E-state index in [0.717, 1.165) is 17.2 Å². The van der Waals surface area contributed by atoms with Crippen molar-refractivity contribution in [2.75, 3.05) is 0 Å². The fraction of sp³-hybridized carbons (Fsp3) is 0.467. The second-order valence-electron chi connectivity index (χ2n) is 6.32. The van der Waals surface area contributed by atoms with E-state index in [1.165, 1.54) is 18.2 Å². The van der Waals surface area contributed by atoms with Crippen molar-refractivity contribution in [3.05, 3.63) is 36.2 Å². The summed E-state index contributed by atoms with van der Waals surface area (Å²) in [6.07, 6.45) is -7.65. The van der Waals surface area contributed by atoms with Crippen molar-refractivity contribution in [1.29, 1.82) is 0 Å². The molecule has 0 aliphatic heterocycles. The van der Waals surface area contributed by atoms with E-state index in [0.29, 0.717) is 0 Å². The van der Waals surface area contributed by atoms with Crippen LogP contribution in [0, 0.1) is 0 Å². The third kappa shape index (κ3) is 3.56. The summed E-state index contributed by atoms with van der Waals surface area (Å²) < 4.78 is 198. The highest BCUT2D eigenvalue weighted by atomic mass is 19.4. The maximum atomic E-state index is 14.1. The highest BCUT2D eigenvalue weighted by molar-refractivity contribution is 5.54. The van der Waals surface area contributed by atoms with Gasteiger partial charge in [-0.15, -0.1) is 0 Å². The molecule has 1 N–H and O–H groups in total. The minimum absolute atomic E-state index is 0.215. The number of rotatable bonds is 7. The third-order valence-corrected chi connectivity index (χ3v) is 4.14. The lowest BCUT2D eigenvalue weighted by atomic mass is 9.91. The van der Waals surface area contributed by atoms with E-state index in [1.807, 2.05) is 0 Å². The van der Waals surface area contributed by atoms with Crippen LogP contribution < -0.4 is 0 Å². The van der Waals surface area contributed by atoms with Crippen molar-refractivity contribution in [3.63, 3.8) is 0 Å². The number of hydrogen-bond acceptors (Lipinski definition) is 2. The van der Waals surface area contributed by atoms with Crippen LogP contribution in [0.3, 0.4) is 0 Å². The normalized spacial score (nSPS) is 15.1. The summed E-state index contributed by atoms with van der Waals surface area (Å²) in [4.78, 5) is 2.67. The van der Waals surface area contributed by atoms with Gasteiger partial charge in [0, 0.05) is 5.56 Å². The standard InChI is InChI=1S/C15H6F15N3/c16-9(17,8-31-7(32-33-8)6-4-2-1-3-5-6)10(18,19)11(20,21)12(22,23)13(24,25)14(26,27)15(28,29)30/h1-5H,(H,31,32,33). The van der Waals surface area contributed by atoms with Gasteiger partial charge in [0.25, 0.3) is 0 Å². The second kappa shape index (κ2) is 7.41. The molecule has 0 bridgehead atoms. The molecule has 1 aromatic heterocycles. The molecule has 0 unspecified atom stereocenters. The van der Waals surface area contributed by atoms with Crippen LogP contribution in [0.1, 0.15) is 5.82 Å². The summed E-state index contributed by atoms with van der Waals surface area (Å²) in [6, 6.07) is 5.97. The molecule has 186 valence electrons. The Bertz CT molecular complexity index is 978. The summed E-state index contributed by atoms with van der Waals surface area (Å²) in [7, 11) is 0. The Balaban J connectivity index is 2.57. The van der Waals surface area contributed by atoms with Gasteiger partial charge in [0.15, 0.2) is 5.82 Å². The SMILES string of the molecule is FC(F)(F)C(F)(F)C(F)(F)C(F)(F)C(F)(F)C(F)(F)C(F)(F)c1nc(-c2ccccc2)n[nH]1. The average Bonchev–Trinajstić information content (AvgIpc) is 3.18. The van der Waals surface area contributed by atoms with Gasteiger partial charge in [-0.3, -0.25) is 5.10 Å². The number of hydrogen-bond donors (Lipinski definition) is 1. The largest absolute Gasteiger partial charge is 0.460 e. The monoisotopic (exact) mass is 513 g/mol. The molecule has 0 spiro atoms. The van der Waals surface area contributed by atoms with Crippen LogP contribution in [0.2, 0.25) is 0 Å². The molecule has 2 aromatic rings. The van der Waals surface area contributed by atoms with Crippen LogP contribution in [0.25, 0.3) is 11.4 Å². The molecule has 0 amide bonds. The lowest BCUT2D eigenvalue weighted by Crippen LogP contribution is -2.72. The molecule has 2 rings (SSSR count). The Morgan fingerprint density at radius 3 is 1.42 bits per heavy atom. The Morgan fingerprint density at radius 2 is 0.970 bits per heavy atom. The van der Waals surface area contributed by atoms with Gasteiger partial charge in [-0.1, -0.05) is 30.3 Å². The van der Waals surface area contributed by atoms with Gasteiger partial charge >= 0.3 is 41.7 Å². The van der Waals surface area contributed by atoms with Crippen molar-refractivity contribution < 1.29 is 65.9 Å². The first-order valence-corrected chi connectivity index (χ1v) is 7.89. The number of H-pyrrole nitrogens is 1. The van der Waals surface area contributed by atoms with Crippen LogP contribution in [0.4, 0.5) is 65.9 Å². The van der Waals surface area contributed by atoms with E-state index in [1.54, 1.807) is 0 Å². The van der Waals surface area contributed by atoms with Gasteiger partial charge in [0.05, 0.1) is 0 Å². The Morgan fingerprint density at radius 1 is 0.545 bits per heavy atom. The Labute approximate surface area is 171 Å². The highest BCUT2D eigenvalue weighted by Crippen LogP contribution is 2.63. The van der Waals surface area contributed by atoms with Crippen LogP contribution >= 0.6 is 0 Å². The minimum atomic E-state index is -8.35. The fourth-order valence-electron chi connectivity index (χ4n) is 2.23. The predicted molar refractivity (Wildman–Crippen MR) is 76.5 cm³/mol. The molecule has 0 saturated carbocycles. The average molecular weight is 513 g/mol. The molecule has 33 heavy (non-hydrogen) atoms.